The number of primary sulfonamides is 1. The lowest BCUT2D eigenvalue weighted by Gasteiger charge is -2.07. The Hall–Kier alpha value is -1.94. The van der Waals surface area contributed by atoms with Crippen molar-refractivity contribution in [1.82, 2.24) is 4.57 Å². The average Bonchev–Trinajstić information content (AvgIpc) is 2.96. The van der Waals surface area contributed by atoms with Crippen LogP contribution in [-0.4, -0.2) is 20.1 Å². The number of nitrogens with two attached hydrogens (primary N) is 1. The van der Waals surface area contributed by atoms with Gasteiger partial charge in [0.2, 0.25) is 10.0 Å². The molecule has 0 aliphatic rings. The summed E-state index contributed by atoms with van der Waals surface area (Å²) in [7, 11) is -0.315. The molecule has 1 heterocycles. The highest BCUT2D eigenvalue weighted by Gasteiger charge is 2.15. The molecule has 0 amide bonds. The van der Waals surface area contributed by atoms with Gasteiger partial charge in [0.15, 0.2) is 4.80 Å². The third kappa shape index (κ3) is 3.90. The molecule has 136 valence electrons. The first-order chi connectivity index (χ1) is 12.3. The Morgan fingerprint density at radius 1 is 1.19 bits per heavy atom. The SMILES string of the molecule is COc1ccc(N=c2scc(-c3ccc(Br)c(S(N)(=O)=O)c3)n2C)cc1. The number of rotatable bonds is 4. The van der Waals surface area contributed by atoms with Gasteiger partial charge in [0.05, 0.1) is 23.4 Å². The quantitative estimate of drug-likeness (QED) is 0.656. The van der Waals surface area contributed by atoms with Gasteiger partial charge in [-0.25, -0.2) is 18.5 Å². The number of halogens is 1. The van der Waals surface area contributed by atoms with Crippen LogP contribution in [0.3, 0.4) is 0 Å². The predicted octanol–water partition coefficient (Wildman–Crippen LogP) is 3.40. The van der Waals surface area contributed by atoms with E-state index in [4.69, 9.17) is 9.88 Å². The molecule has 26 heavy (non-hydrogen) atoms. The van der Waals surface area contributed by atoms with Crippen LogP contribution < -0.4 is 14.7 Å². The number of aromatic nitrogens is 1. The number of thiazole rings is 1. The molecule has 0 spiro atoms. The third-order valence-corrected chi connectivity index (χ3v) is 6.58. The van der Waals surface area contributed by atoms with Crippen LogP contribution in [-0.2, 0) is 17.1 Å². The fourth-order valence-electron chi connectivity index (χ4n) is 2.38. The fourth-order valence-corrected chi connectivity index (χ4v) is 4.86. The Morgan fingerprint density at radius 3 is 2.50 bits per heavy atom. The first kappa shape index (κ1) is 18.8. The zero-order chi connectivity index (χ0) is 18.9. The first-order valence-electron chi connectivity index (χ1n) is 7.45. The number of hydrogen-bond donors (Lipinski definition) is 1. The number of methoxy groups -OCH3 is 1. The van der Waals surface area contributed by atoms with Gasteiger partial charge in [0.1, 0.15) is 5.75 Å². The Labute approximate surface area is 163 Å². The van der Waals surface area contributed by atoms with Crippen LogP contribution in [0.2, 0.25) is 0 Å². The van der Waals surface area contributed by atoms with Crippen molar-refractivity contribution in [2.45, 2.75) is 4.90 Å². The van der Waals surface area contributed by atoms with Gasteiger partial charge < -0.3 is 9.30 Å². The van der Waals surface area contributed by atoms with Gasteiger partial charge in [0.25, 0.3) is 0 Å². The molecule has 3 rings (SSSR count). The molecular formula is C17H16BrN3O3S2. The smallest absolute Gasteiger partial charge is 0.239 e. The standard InChI is InChI=1S/C17H16BrN3O3S2/c1-21-15(11-3-8-14(18)16(9-11)26(19,22)23)10-25-17(21)20-12-4-6-13(24-2)7-5-12/h3-10H,1-2H3,(H2,19,22,23). The van der Waals surface area contributed by atoms with E-state index >= 15 is 0 Å². The molecule has 0 bridgehead atoms. The summed E-state index contributed by atoms with van der Waals surface area (Å²) in [5.41, 5.74) is 2.39. The molecule has 1 aromatic heterocycles. The normalized spacial score (nSPS) is 12.4. The number of nitrogens with zero attached hydrogens (tertiary/aromatic N) is 2. The topological polar surface area (TPSA) is 86.7 Å². The molecule has 0 unspecified atom stereocenters. The minimum atomic E-state index is -3.81. The van der Waals surface area contributed by atoms with Crippen LogP contribution in [0.25, 0.3) is 11.3 Å². The molecule has 0 fully saturated rings. The van der Waals surface area contributed by atoms with Crippen molar-refractivity contribution < 1.29 is 13.2 Å². The predicted molar refractivity (Wildman–Crippen MR) is 106 cm³/mol. The molecular weight excluding hydrogens is 438 g/mol. The Kier molecular flexibility index (Phi) is 5.33. The maximum Gasteiger partial charge on any atom is 0.239 e. The number of hydrogen-bond acceptors (Lipinski definition) is 5. The van der Waals surface area contributed by atoms with Gasteiger partial charge in [-0.1, -0.05) is 6.07 Å². The van der Waals surface area contributed by atoms with Crippen LogP contribution in [0.4, 0.5) is 5.69 Å². The number of sulfonamides is 1. The van der Waals surface area contributed by atoms with Crippen molar-refractivity contribution in [3.63, 3.8) is 0 Å². The molecule has 9 heteroatoms. The molecule has 2 aromatic carbocycles. The van der Waals surface area contributed by atoms with Gasteiger partial charge in [0, 0.05) is 22.5 Å². The van der Waals surface area contributed by atoms with Crippen LogP contribution in [0, 0.1) is 0 Å². The van der Waals surface area contributed by atoms with Crippen LogP contribution in [0.1, 0.15) is 0 Å². The minimum absolute atomic E-state index is 0.0508. The second-order valence-electron chi connectivity index (χ2n) is 5.46. The maximum absolute atomic E-state index is 11.7. The van der Waals surface area contributed by atoms with E-state index in [2.05, 4.69) is 20.9 Å². The summed E-state index contributed by atoms with van der Waals surface area (Å²) >= 11 is 4.69. The molecule has 3 aromatic rings. The van der Waals surface area contributed by atoms with Gasteiger partial charge >= 0.3 is 0 Å². The number of benzene rings is 2. The summed E-state index contributed by atoms with van der Waals surface area (Å²) in [6.07, 6.45) is 0. The summed E-state index contributed by atoms with van der Waals surface area (Å²) < 4.78 is 31.0. The van der Waals surface area contributed by atoms with E-state index in [1.165, 1.54) is 11.3 Å². The highest BCUT2D eigenvalue weighted by atomic mass is 79.9. The fraction of sp³-hybridized carbons (Fsp3) is 0.118. The molecule has 6 nitrogen and oxygen atoms in total. The molecule has 0 aliphatic carbocycles. The second-order valence-corrected chi connectivity index (χ2v) is 8.68. The van der Waals surface area contributed by atoms with Crippen molar-refractivity contribution >= 4 is 43.0 Å². The first-order valence-corrected chi connectivity index (χ1v) is 10.7. The van der Waals surface area contributed by atoms with Crippen LogP contribution in [0.15, 0.2) is 62.2 Å². The van der Waals surface area contributed by atoms with E-state index in [-0.39, 0.29) is 4.90 Å². The van der Waals surface area contributed by atoms with Crippen molar-refractivity contribution in [2.24, 2.45) is 17.2 Å². The number of ether oxygens (including phenoxy) is 1. The van der Waals surface area contributed by atoms with E-state index in [0.29, 0.717) is 4.47 Å². The van der Waals surface area contributed by atoms with E-state index in [1.807, 2.05) is 47.3 Å². The Bertz CT molecular complexity index is 1120. The van der Waals surface area contributed by atoms with E-state index in [0.717, 1.165) is 27.5 Å². The molecule has 2 N–H and O–H groups in total. The Balaban J connectivity index is 2.05. The molecule has 0 radical (unpaired) electrons. The van der Waals surface area contributed by atoms with E-state index < -0.39 is 10.0 Å². The third-order valence-electron chi connectivity index (χ3n) is 3.75. The van der Waals surface area contributed by atoms with Crippen molar-refractivity contribution in [3.05, 3.63) is 57.1 Å². The lowest BCUT2D eigenvalue weighted by molar-refractivity contribution is 0.415. The zero-order valence-corrected chi connectivity index (χ0v) is 17.2. The summed E-state index contributed by atoms with van der Waals surface area (Å²) in [5, 5.41) is 7.21. The summed E-state index contributed by atoms with van der Waals surface area (Å²) in [6.45, 7) is 0. The zero-order valence-electron chi connectivity index (χ0n) is 14.0. The van der Waals surface area contributed by atoms with Crippen molar-refractivity contribution in [3.8, 4) is 17.0 Å². The largest absolute Gasteiger partial charge is 0.497 e. The maximum atomic E-state index is 11.7. The highest BCUT2D eigenvalue weighted by Crippen LogP contribution is 2.28. The minimum Gasteiger partial charge on any atom is -0.497 e. The lowest BCUT2D eigenvalue weighted by atomic mass is 10.2. The molecule has 0 atom stereocenters. The molecule has 0 saturated heterocycles. The lowest BCUT2D eigenvalue weighted by Crippen LogP contribution is -2.14. The van der Waals surface area contributed by atoms with Crippen LogP contribution in [0.5, 0.6) is 5.75 Å². The molecule has 0 aliphatic heterocycles. The van der Waals surface area contributed by atoms with Gasteiger partial charge in [-0.15, -0.1) is 11.3 Å². The monoisotopic (exact) mass is 453 g/mol. The summed E-state index contributed by atoms with van der Waals surface area (Å²) in [5.74, 6) is 0.769. The van der Waals surface area contributed by atoms with E-state index in [9.17, 15) is 8.42 Å². The summed E-state index contributed by atoms with van der Waals surface area (Å²) in [4.78, 5) is 5.46. The molecule has 0 saturated carbocycles. The second kappa shape index (κ2) is 7.36. The van der Waals surface area contributed by atoms with Crippen molar-refractivity contribution in [1.29, 1.82) is 0 Å². The average molecular weight is 454 g/mol. The van der Waals surface area contributed by atoms with Gasteiger partial charge in [-0.2, -0.15) is 0 Å². The van der Waals surface area contributed by atoms with Gasteiger partial charge in [-0.3, -0.25) is 0 Å². The Morgan fingerprint density at radius 2 is 1.88 bits per heavy atom. The van der Waals surface area contributed by atoms with E-state index in [1.54, 1.807) is 19.2 Å². The highest BCUT2D eigenvalue weighted by molar-refractivity contribution is 9.10. The van der Waals surface area contributed by atoms with Crippen LogP contribution >= 0.6 is 27.3 Å². The van der Waals surface area contributed by atoms with Gasteiger partial charge in [-0.05, 0) is 52.3 Å². The summed E-state index contributed by atoms with van der Waals surface area (Å²) in [6, 6.07) is 12.5. The van der Waals surface area contributed by atoms with Crippen molar-refractivity contribution in [2.75, 3.05) is 7.11 Å².